The second-order valence-electron chi connectivity index (χ2n) is 3.46. The van der Waals surface area contributed by atoms with Crippen LogP contribution in [-0.2, 0) is 6.42 Å². The van der Waals surface area contributed by atoms with Gasteiger partial charge in [-0.15, -0.1) is 0 Å². The predicted molar refractivity (Wildman–Crippen MR) is 62.9 cm³/mol. The smallest absolute Gasteiger partial charge is 0.128 e. The number of halogens is 2. The SMILES string of the molecule is Nc1ncccc1Cc1ccc(Cl)cc1F. The van der Waals surface area contributed by atoms with E-state index in [-0.39, 0.29) is 5.82 Å². The van der Waals surface area contributed by atoms with Crippen LogP contribution in [-0.4, -0.2) is 4.98 Å². The lowest BCUT2D eigenvalue weighted by molar-refractivity contribution is 0.614. The molecule has 0 aliphatic heterocycles. The molecule has 0 saturated carbocycles. The summed E-state index contributed by atoms with van der Waals surface area (Å²) >= 11 is 5.67. The Kier molecular flexibility index (Phi) is 3.06. The summed E-state index contributed by atoms with van der Waals surface area (Å²) in [5.41, 5.74) is 7.06. The summed E-state index contributed by atoms with van der Waals surface area (Å²) in [5.74, 6) is 0.104. The summed E-state index contributed by atoms with van der Waals surface area (Å²) in [6.45, 7) is 0. The Hall–Kier alpha value is -1.61. The van der Waals surface area contributed by atoms with E-state index in [4.69, 9.17) is 17.3 Å². The minimum absolute atomic E-state index is 0.323. The van der Waals surface area contributed by atoms with Gasteiger partial charge in [-0.2, -0.15) is 0 Å². The van der Waals surface area contributed by atoms with Crippen molar-refractivity contribution in [1.29, 1.82) is 0 Å². The number of hydrogen-bond donors (Lipinski definition) is 1. The molecule has 2 aromatic rings. The van der Waals surface area contributed by atoms with Crippen molar-refractivity contribution in [2.45, 2.75) is 6.42 Å². The van der Waals surface area contributed by atoms with Crippen LogP contribution in [0, 0.1) is 5.82 Å². The minimum Gasteiger partial charge on any atom is -0.383 e. The Balaban J connectivity index is 2.31. The van der Waals surface area contributed by atoms with E-state index < -0.39 is 0 Å². The third kappa shape index (κ3) is 2.31. The summed E-state index contributed by atoms with van der Waals surface area (Å²) in [7, 11) is 0. The third-order valence-corrected chi connectivity index (χ3v) is 2.56. The standard InChI is InChI=1S/C12H10ClFN2/c13-10-4-3-8(11(14)7-10)6-9-2-1-5-16-12(9)15/h1-5,7H,6H2,(H2,15,16). The van der Waals surface area contributed by atoms with Crippen molar-refractivity contribution in [2.75, 3.05) is 5.73 Å². The lowest BCUT2D eigenvalue weighted by Gasteiger charge is -2.05. The fourth-order valence-electron chi connectivity index (χ4n) is 1.47. The average molecular weight is 237 g/mol. The molecule has 82 valence electrons. The van der Waals surface area contributed by atoms with Gasteiger partial charge in [-0.1, -0.05) is 23.7 Å². The van der Waals surface area contributed by atoms with Gasteiger partial charge in [-0.3, -0.25) is 0 Å². The summed E-state index contributed by atoms with van der Waals surface area (Å²) in [4.78, 5) is 3.95. The van der Waals surface area contributed by atoms with E-state index in [1.54, 1.807) is 24.4 Å². The molecular weight excluding hydrogens is 227 g/mol. The number of hydrogen-bond acceptors (Lipinski definition) is 2. The molecule has 2 N–H and O–H groups in total. The zero-order chi connectivity index (χ0) is 11.5. The van der Waals surface area contributed by atoms with Crippen LogP contribution < -0.4 is 5.73 Å². The van der Waals surface area contributed by atoms with Gasteiger partial charge in [0, 0.05) is 17.6 Å². The van der Waals surface area contributed by atoms with Crippen LogP contribution >= 0.6 is 11.6 Å². The highest BCUT2D eigenvalue weighted by molar-refractivity contribution is 6.30. The van der Waals surface area contributed by atoms with E-state index in [1.807, 2.05) is 6.07 Å². The first-order valence-corrected chi connectivity index (χ1v) is 5.18. The second-order valence-corrected chi connectivity index (χ2v) is 3.90. The number of nitrogens with two attached hydrogens (primary N) is 1. The van der Waals surface area contributed by atoms with Gasteiger partial charge >= 0.3 is 0 Å². The molecule has 0 aliphatic rings. The van der Waals surface area contributed by atoms with E-state index in [1.165, 1.54) is 6.07 Å². The molecule has 0 radical (unpaired) electrons. The Labute approximate surface area is 97.9 Å². The maximum Gasteiger partial charge on any atom is 0.128 e. The van der Waals surface area contributed by atoms with E-state index in [0.717, 1.165) is 5.56 Å². The normalized spacial score (nSPS) is 10.4. The zero-order valence-corrected chi connectivity index (χ0v) is 9.21. The van der Waals surface area contributed by atoms with Gasteiger partial charge in [0.15, 0.2) is 0 Å². The van der Waals surface area contributed by atoms with Gasteiger partial charge < -0.3 is 5.73 Å². The molecule has 2 nitrogen and oxygen atoms in total. The first-order chi connectivity index (χ1) is 7.66. The topological polar surface area (TPSA) is 38.9 Å². The summed E-state index contributed by atoms with van der Waals surface area (Å²) in [6.07, 6.45) is 2.03. The summed E-state index contributed by atoms with van der Waals surface area (Å²) < 4.78 is 13.5. The van der Waals surface area contributed by atoms with Crippen molar-refractivity contribution >= 4 is 17.4 Å². The first-order valence-electron chi connectivity index (χ1n) is 4.80. The number of rotatable bonds is 2. The summed E-state index contributed by atoms with van der Waals surface area (Å²) in [5, 5.41) is 0.389. The molecule has 1 heterocycles. The van der Waals surface area contributed by atoms with Gasteiger partial charge in [0.05, 0.1) is 0 Å². The van der Waals surface area contributed by atoms with Crippen LogP contribution in [0.5, 0.6) is 0 Å². The molecule has 2 rings (SSSR count). The molecule has 16 heavy (non-hydrogen) atoms. The van der Waals surface area contributed by atoms with Crippen LogP contribution in [0.2, 0.25) is 5.02 Å². The van der Waals surface area contributed by atoms with E-state index >= 15 is 0 Å². The Morgan fingerprint density at radius 2 is 2.06 bits per heavy atom. The van der Waals surface area contributed by atoms with E-state index in [9.17, 15) is 4.39 Å². The zero-order valence-electron chi connectivity index (χ0n) is 8.45. The van der Waals surface area contributed by atoms with Crippen LogP contribution in [0.3, 0.4) is 0 Å². The van der Waals surface area contributed by atoms with Crippen LogP contribution in [0.15, 0.2) is 36.5 Å². The number of anilines is 1. The molecule has 0 atom stereocenters. The molecule has 0 fully saturated rings. The lowest BCUT2D eigenvalue weighted by Crippen LogP contribution is -1.99. The molecule has 0 saturated heterocycles. The molecule has 0 aliphatic carbocycles. The Bertz CT molecular complexity index is 514. The van der Waals surface area contributed by atoms with Gasteiger partial charge in [0.1, 0.15) is 11.6 Å². The molecule has 0 amide bonds. The lowest BCUT2D eigenvalue weighted by atomic mass is 10.1. The molecular formula is C12H10ClFN2. The monoisotopic (exact) mass is 236 g/mol. The van der Waals surface area contributed by atoms with Crippen molar-refractivity contribution < 1.29 is 4.39 Å². The number of pyridine rings is 1. The quantitative estimate of drug-likeness (QED) is 0.871. The van der Waals surface area contributed by atoms with Crippen LogP contribution in [0.1, 0.15) is 11.1 Å². The van der Waals surface area contributed by atoms with Gasteiger partial charge in [0.2, 0.25) is 0 Å². The van der Waals surface area contributed by atoms with Crippen LogP contribution in [0.25, 0.3) is 0 Å². The minimum atomic E-state index is -0.323. The maximum atomic E-state index is 13.5. The third-order valence-electron chi connectivity index (χ3n) is 2.32. The molecule has 0 unspecified atom stereocenters. The number of nitrogens with zero attached hydrogens (tertiary/aromatic N) is 1. The number of benzene rings is 1. The van der Waals surface area contributed by atoms with Crippen molar-refractivity contribution in [2.24, 2.45) is 0 Å². The second kappa shape index (κ2) is 4.49. The molecule has 1 aromatic heterocycles. The highest BCUT2D eigenvalue weighted by Crippen LogP contribution is 2.19. The Morgan fingerprint density at radius 3 is 2.75 bits per heavy atom. The van der Waals surface area contributed by atoms with Gasteiger partial charge in [-0.25, -0.2) is 9.37 Å². The highest BCUT2D eigenvalue weighted by atomic mass is 35.5. The van der Waals surface area contributed by atoms with Crippen LogP contribution in [0.4, 0.5) is 10.2 Å². The molecule has 0 spiro atoms. The molecule has 0 bridgehead atoms. The van der Waals surface area contributed by atoms with E-state index in [0.29, 0.717) is 22.8 Å². The van der Waals surface area contributed by atoms with Gasteiger partial charge in [-0.05, 0) is 29.3 Å². The fraction of sp³-hybridized carbons (Fsp3) is 0.0833. The highest BCUT2D eigenvalue weighted by Gasteiger charge is 2.06. The molecule has 1 aromatic carbocycles. The fourth-order valence-corrected chi connectivity index (χ4v) is 1.63. The van der Waals surface area contributed by atoms with Gasteiger partial charge in [0.25, 0.3) is 0 Å². The average Bonchev–Trinajstić information content (AvgIpc) is 2.25. The number of nitrogen functional groups attached to an aromatic ring is 1. The maximum absolute atomic E-state index is 13.5. The Morgan fingerprint density at radius 1 is 1.25 bits per heavy atom. The van der Waals surface area contributed by atoms with Crippen molar-refractivity contribution in [1.82, 2.24) is 4.98 Å². The first kappa shape index (κ1) is 10.9. The summed E-state index contributed by atoms with van der Waals surface area (Å²) in [6, 6.07) is 8.22. The predicted octanol–water partition coefficient (Wildman–Crippen LogP) is 3.05. The van der Waals surface area contributed by atoms with Crippen molar-refractivity contribution in [3.05, 3.63) is 58.5 Å². The molecule has 4 heteroatoms. The largest absolute Gasteiger partial charge is 0.383 e. The number of aromatic nitrogens is 1. The van der Waals surface area contributed by atoms with E-state index in [2.05, 4.69) is 4.98 Å². The van der Waals surface area contributed by atoms with Crippen molar-refractivity contribution in [3.8, 4) is 0 Å². The van der Waals surface area contributed by atoms with Crippen molar-refractivity contribution in [3.63, 3.8) is 0 Å².